The summed E-state index contributed by atoms with van der Waals surface area (Å²) in [5, 5.41) is 2.95. The lowest BCUT2D eigenvalue weighted by atomic mass is 10.2. The predicted molar refractivity (Wildman–Crippen MR) is 94.4 cm³/mol. The van der Waals surface area contributed by atoms with Crippen LogP contribution in [-0.2, 0) is 4.79 Å². The second kappa shape index (κ2) is 8.57. The molecule has 1 saturated heterocycles. The molecule has 6 heteroatoms. The number of nitrogens with one attached hydrogen (secondary N) is 1. The van der Waals surface area contributed by atoms with Gasteiger partial charge in [0.25, 0.3) is 0 Å². The van der Waals surface area contributed by atoms with E-state index in [1.165, 1.54) is 0 Å². The van der Waals surface area contributed by atoms with Gasteiger partial charge in [0, 0.05) is 32.2 Å². The first-order chi connectivity index (χ1) is 11.5. The first kappa shape index (κ1) is 18.1. The number of amides is 3. The van der Waals surface area contributed by atoms with Crippen molar-refractivity contribution >= 4 is 17.6 Å². The van der Waals surface area contributed by atoms with Gasteiger partial charge in [-0.15, -0.1) is 0 Å². The van der Waals surface area contributed by atoms with Crippen molar-refractivity contribution in [3.8, 4) is 5.75 Å². The highest BCUT2D eigenvalue weighted by atomic mass is 16.5. The Bertz CT molecular complexity index is 559. The van der Waals surface area contributed by atoms with Gasteiger partial charge in [-0.25, -0.2) is 4.79 Å². The van der Waals surface area contributed by atoms with Crippen molar-refractivity contribution in [2.24, 2.45) is 0 Å². The molecule has 0 radical (unpaired) electrons. The van der Waals surface area contributed by atoms with Gasteiger partial charge in [-0.05, 0) is 37.6 Å². The number of ether oxygens (including phenoxy) is 1. The normalized spacial score (nSPS) is 17.0. The number of nitrogens with zero attached hydrogens (tertiary/aromatic N) is 2. The first-order valence-electron chi connectivity index (χ1n) is 8.60. The summed E-state index contributed by atoms with van der Waals surface area (Å²) in [4.78, 5) is 27.8. The molecule has 0 spiro atoms. The molecule has 2 rings (SSSR count). The van der Waals surface area contributed by atoms with Crippen molar-refractivity contribution in [2.75, 3.05) is 31.6 Å². The molecule has 1 aliphatic rings. The fourth-order valence-corrected chi connectivity index (χ4v) is 2.72. The van der Waals surface area contributed by atoms with Crippen molar-refractivity contribution in [1.82, 2.24) is 10.2 Å². The van der Waals surface area contributed by atoms with Gasteiger partial charge in [0.05, 0.1) is 12.6 Å². The highest BCUT2D eigenvalue weighted by Gasteiger charge is 2.32. The van der Waals surface area contributed by atoms with E-state index in [0.29, 0.717) is 19.6 Å². The molecule has 0 unspecified atom stereocenters. The average Bonchev–Trinajstić information content (AvgIpc) is 2.94. The molecule has 1 heterocycles. The van der Waals surface area contributed by atoms with E-state index in [-0.39, 0.29) is 18.0 Å². The molecule has 0 aromatic heterocycles. The zero-order valence-electron chi connectivity index (χ0n) is 14.7. The van der Waals surface area contributed by atoms with Crippen molar-refractivity contribution < 1.29 is 14.3 Å². The number of hydrogen-bond acceptors (Lipinski definition) is 3. The highest BCUT2D eigenvalue weighted by Crippen LogP contribution is 2.24. The van der Waals surface area contributed by atoms with Gasteiger partial charge < -0.3 is 19.9 Å². The van der Waals surface area contributed by atoms with Crippen molar-refractivity contribution in [3.63, 3.8) is 0 Å². The van der Waals surface area contributed by atoms with Crippen LogP contribution in [0.5, 0.6) is 5.75 Å². The van der Waals surface area contributed by atoms with E-state index in [0.717, 1.165) is 30.8 Å². The molecular weight excluding hydrogens is 306 g/mol. The third kappa shape index (κ3) is 4.63. The summed E-state index contributed by atoms with van der Waals surface area (Å²) >= 11 is 0. The molecule has 0 bridgehead atoms. The van der Waals surface area contributed by atoms with Crippen LogP contribution in [0.3, 0.4) is 0 Å². The monoisotopic (exact) mass is 333 g/mol. The van der Waals surface area contributed by atoms with Crippen LogP contribution in [0.15, 0.2) is 24.3 Å². The maximum Gasteiger partial charge on any atom is 0.317 e. The molecule has 0 aliphatic carbocycles. The molecule has 1 fully saturated rings. The van der Waals surface area contributed by atoms with Gasteiger partial charge in [-0.3, -0.25) is 4.79 Å². The van der Waals surface area contributed by atoms with E-state index < -0.39 is 0 Å². The SMILES string of the molecule is CCCCN(C)C(=O)N[C@@H]1CC(=O)N(c2ccc(OCC)cc2)C1. The largest absolute Gasteiger partial charge is 0.494 e. The number of carbonyl (C=O) groups excluding carboxylic acids is 2. The maximum atomic E-state index is 12.2. The van der Waals surface area contributed by atoms with Crippen LogP contribution in [0.4, 0.5) is 10.5 Å². The Morgan fingerprint density at radius 3 is 2.67 bits per heavy atom. The second-order valence-electron chi connectivity index (χ2n) is 6.06. The zero-order valence-corrected chi connectivity index (χ0v) is 14.7. The van der Waals surface area contributed by atoms with Crippen LogP contribution in [0.2, 0.25) is 0 Å². The zero-order chi connectivity index (χ0) is 17.5. The topological polar surface area (TPSA) is 61.9 Å². The van der Waals surface area contributed by atoms with Crippen LogP contribution >= 0.6 is 0 Å². The lowest BCUT2D eigenvalue weighted by molar-refractivity contribution is -0.117. The number of anilines is 1. The van der Waals surface area contributed by atoms with E-state index in [9.17, 15) is 9.59 Å². The Kier molecular flexibility index (Phi) is 6.46. The summed E-state index contributed by atoms with van der Waals surface area (Å²) in [6.45, 7) is 5.87. The molecular formula is C18H27N3O3. The fraction of sp³-hybridized carbons (Fsp3) is 0.556. The number of benzene rings is 1. The highest BCUT2D eigenvalue weighted by molar-refractivity contribution is 5.96. The molecule has 3 amide bonds. The van der Waals surface area contributed by atoms with E-state index in [4.69, 9.17) is 4.74 Å². The van der Waals surface area contributed by atoms with E-state index in [1.54, 1.807) is 16.8 Å². The quantitative estimate of drug-likeness (QED) is 0.834. The Balaban J connectivity index is 1.91. The molecule has 1 atom stereocenters. The minimum Gasteiger partial charge on any atom is -0.494 e. The van der Waals surface area contributed by atoms with Gasteiger partial charge in [-0.1, -0.05) is 13.3 Å². The standard InChI is InChI=1S/C18H27N3O3/c1-4-6-11-20(3)18(23)19-14-12-17(22)21(13-14)15-7-9-16(10-8-15)24-5-2/h7-10,14H,4-6,11-13H2,1-3H3,(H,19,23)/t14-/m1/s1. The van der Waals surface area contributed by atoms with Crippen LogP contribution < -0.4 is 15.0 Å². The lowest BCUT2D eigenvalue weighted by Crippen LogP contribution is -2.44. The molecule has 0 saturated carbocycles. The van der Waals surface area contributed by atoms with E-state index in [2.05, 4.69) is 12.2 Å². The minimum absolute atomic E-state index is 0.0284. The van der Waals surface area contributed by atoms with Gasteiger partial charge in [0.15, 0.2) is 0 Å². The minimum atomic E-state index is -0.152. The van der Waals surface area contributed by atoms with Gasteiger partial charge in [0.1, 0.15) is 5.75 Å². The molecule has 24 heavy (non-hydrogen) atoms. The summed E-state index contributed by atoms with van der Waals surface area (Å²) in [6.07, 6.45) is 2.36. The second-order valence-corrected chi connectivity index (χ2v) is 6.06. The van der Waals surface area contributed by atoms with Crippen LogP contribution in [0.1, 0.15) is 33.1 Å². The molecule has 1 aromatic rings. The van der Waals surface area contributed by atoms with Crippen LogP contribution in [-0.4, -0.2) is 49.6 Å². The molecule has 1 aromatic carbocycles. The lowest BCUT2D eigenvalue weighted by Gasteiger charge is -2.21. The van der Waals surface area contributed by atoms with E-state index in [1.807, 2.05) is 31.2 Å². The maximum absolute atomic E-state index is 12.2. The van der Waals surface area contributed by atoms with Gasteiger partial charge >= 0.3 is 6.03 Å². The van der Waals surface area contributed by atoms with E-state index >= 15 is 0 Å². The summed E-state index contributed by atoms with van der Waals surface area (Å²) in [7, 11) is 1.78. The van der Waals surface area contributed by atoms with Gasteiger partial charge in [-0.2, -0.15) is 0 Å². The Labute approximate surface area is 143 Å². The van der Waals surface area contributed by atoms with Crippen molar-refractivity contribution in [1.29, 1.82) is 0 Å². The number of unbranched alkanes of at least 4 members (excludes halogenated alkanes) is 1. The Morgan fingerprint density at radius 1 is 1.33 bits per heavy atom. The van der Waals surface area contributed by atoms with Gasteiger partial charge in [0.2, 0.25) is 5.91 Å². The summed E-state index contributed by atoms with van der Waals surface area (Å²) in [5.41, 5.74) is 0.833. The van der Waals surface area contributed by atoms with Crippen LogP contribution in [0, 0.1) is 0 Å². The Hall–Kier alpha value is -2.24. The first-order valence-corrected chi connectivity index (χ1v) is 8.60. The molecule has 1 N–H and O–H groups in total. The summed E-state index contributed by atoms with van der Waals surface area (Å²) in [6, 6.07) is 7.20. The summed E-state index contributed by atoms with van der Waals surface area (Å²) in [5.74, 6) is 0.816. The number of hydrogen-bond donors (Lipinski definition) is 1. The Morgan fingerprint density at radius 2 is 2.04 bits per heavy atom. The smallest absolute Gasteiger partial charge is 0.317 e. The number of rotatable bonds is 7. The van der Waals surface area contributed by atoms with Crippen molar-refractivity contribution in [2.45, 2.75) is 39.2 Å². The third-order valence-electron chi connectivity index (χ3n) is 4.11. The molecule has 1 aliphatic heterocycles. The summed E-state index contributed by atoms with van der Waals surface area (Å²) < 4.78 is 5.42. The number of urea groups is 1. The molecule has 132 valence electrons. The fourth-order valence-electron chi connectivity index (χ4n) is 2.72. The average molecular weight is 333 g/mol. The van der Waals surface area contributed by atoms with Crippen LogP contribution in [0.25, 0.3) is 0 Å². The third-order valence-corrected chi connectivity index (χ3v) is 4.11. The number of carbonyl (C=O) groups is 2. The molecule has 6 nitrogen and oxygen atoms in total. The van der Waals surface area contributed by atoms with Crippen molar-refractivity contribution in [3.05, 3.63) is 24.3 Å². The predicted octanol–water partition coefficient (Wildman–Crippen LogP) is 2.63.